The minimum Gasteiger partial charge on any atom is -0.390 e. The molecule has 4 rings (SSSR count). The first kappa shape index (κ1) is 34.0. The van der Waals surface area contributed by atoms with Crippen molar-refractivity contribution in [2.24, 2.45) is 11.8 Å². The number of sulfonamides is 1. The van der Waals surface area contributed by atoms with Crippen LogP contribution >= 0.6 is 11.3 Å². The van der Waals surface area contributed by atoms with Gasteiger partial charge in [-0.25, -0.2) is 18.4 Å². The van der Waals surface area contributed by atoms with E-state index < -0.39 is 28.2 Å². The Kier molecular flexibility index (Phi) is 11.9. The summed E-state index contributed by atoms with van der Waals surface area (Å²) >= 11 is 1.36. The van der Waals surface area contributed by atoms with E-state index in [1.807, 2.05) is 58.0 Å². The molecule has 2 amide bonds. The van der Waals surface area contributed by atoms with Gasteiger partial charge in [-0.15, -0.1) is 11.3 Å². The molecular weight excluding hydrogens is 599 g/mol. The summed E-state index contributed by atoms with van der Waals surface area (Å²) in [6.45, 7) is 8.41. The Balaban J connectivity index is 1.70. The van der Waals surface area contributed by atoms with E-state index in [1.54, 1.807) is 17.6 Å². The van der Waals surface area contributed by atoms with Gasteiger partial charge in [0, 0.05) is 19.5 Å². The number of rotatable bonds is 14. The summed E-state index contributed by atoms with van der Waals surface area (Å²) in [4.78, 5) is 31.5. The molecule has 1 saturated heterocycles. The summed E-state index contributed by atoms with van der Waals surface area (Å²) in [7, 11) is -4.02. The number of carbonyl (C=O) groups excluding carboxylic acids is 2. The fourth-order valence-corrected chi connectivity index (χ4v) is 7.82. The highest BCUT2D eigenvalue weighted by Gasteiger charge is 2.37. The molecule has 12 heteroatoms. The summed E-state index contributed by atoms with van der Waals surface area (Å²) in [5.74, 6) is -0.636. The van der Waals surface area contributed by atoms with Crippen LogP contribution in [-0.2, 0) is 26.0 Å². The molecule has 1 aromatic heterocycles. The minimum atomic E-state index is -4.02. The zero-order valence-electron chi connectivity index (χ0n) is 26.0. The van der Waals surface area contributed by atoms with Gasteiger partial charge in [0.25, 0.3) is 5.91 Å². The maximum absolute atomic E-state index is 14.0. The van der Waals surface area contributed by atoms with Gasteiger partial charge in [-0.05, 0) is 61.4 Å². The standard InChI is InChI=1S/C32H45N5O5S2/c1-5-23(4)16-31(39)37(35-32(40)27-12-9-15-33-27)28(17-24-10-7-6-8-11-24)29(38)20-36(19-22(2)3)44(41,42)25-13-14-26-30(18-25)43-21-34-26/h6-8,10-11,13-14,18,21-23,27-29,33,38H,5,9,12,15-17,19-20H2,1-4H3,(H,35,40)/t23-,27?,28?,29+/m0/s1. The largest absolute Gasteiger partial charge is 0.390 e. The Hall–Kier alpha value is -2.90. The highest BCUT2D eigenvalue weighted by atomic mass is 32.2. The Bertz CT molecular complexity index is 1490. The van der Waals surface area contributed by atoms with E-state index in [0.717, 1.165) is 28.6 Å². The number of benzene rings is 2. The molecule has 0 saturated carbocycles. The van der Waals surface area contributed by atoms with Crippen LogP contribution in [0.3, 0.4) is 0 Å². The van der Waals surface area contributed by atoms with Gasteiger partial charge >= 0.3 is 0 Å². The van der Waals surface area contributed by atoms with Crippen LogP contribution in [0.25, 0.3) is 10.2 Å². The molecule has 2 heterocycles. The molecule has 3 N–H and O–H groups in total. The van der Waals surface area contributed by atoms with Crippen LogP contribution < -0.4 is 10.7 Å². The number of aliphatic hydroxyl groups is 1. The predicted molar refractivity (Wildman–Crippen MR) is 173 cm³/mol. The molecule has 0 spiro atoms. The number of hydrazine groups is 1. The molecular formula is C32H45N5O5S2. The number of hydrogen-bond donors (Lipinski definition) is 3. The van der Waals surface area contributed by atoms with Crippen molar-refractivity contribution in [2.75, 3.05) is 19.6 Å². The second-order valence-electron chi connectivity index (χ2n) is 12.1. The molecule has 3 aromatic rings. The second-order valence-corrected chi connectivity index (χ2v) is 15.0. The summed E-state index contributed by atoms with van der Waals surface area (Å²) in [5.41, 5.74) is 6.08. The Morgan fingerprint density at radius 1 is 1.14 bits per heavy atom. The van der Waals surface area contributed by atoms with Crippen LogP contribution in [-0.4, -0.2) is 77.5 Å². The number of aromatic nitrogens is 1. The summed E-state index contributed by atoms with van der Waals surface area (Å²) in [6, 6.07) is 12.9. The molecule has 0 radical (unpaired) electrons. The second kappa shape index (κ2) is 15.4. The highest BCUT2D eigenvalue weighted by molar-refractivity contribution is 7.89. The fraction of sp³-hybridized carbons (Fsp3) is 0.531. The van der Waals surface area contributed by atoms with Crippen molar-refractivity contribution in [1.29, 1.82) is 0 Å². The topological polar surface area (TPSA) is 132 Å². The van der Waals surface area contributed by atoms with Crippen molar-refractivity contribution in [3.05, 3.63) is 59.6 Å². The zero-order valence-corrected chi connectivity index (χ0v) is 27.6. The zero-order chi connectivity index (χ0) is 31.9. The van der Waals surface area contributed by atoms with E-state index in [2.05, 4.69) is 15.7 Å². The van der Waals surface area contributed by atoms with Crippen molar-refractivity contribution in [1.82, 2.24) is 25.0 Å². The van der Waals surface area contributed by atoms with Crippen molar-refractivity contribution < 1.29 is 23.1 Å². The number of amides is 2. The van der Waals surface area contributed by atoms with Crippen molar-refractivity contribution in [2.45, 2.75) is 82.9 Å². The van der Waals surface area contributed by atoms with Gasteiger partial charge in [-0.2, -0.15) is 4.31 Å². The van der Waals surface area contributed by atoms with Crippen LogP contribution in [0.5, 0.6) is 0 Å². The molecule has 2 aromatic carbocycles. The number of nitrogens with one attached hydrogen (secondary N) is 2. The summed E-state index contributed by atoms with van der Waals surface area (Å²) in [5, 5.41) is 16.4. The number of fused-ring (bicyclic) bond motifs is 1. The van der Waals surface area contributed by atoms with Gasteiger partial charge in [0.15, 0.2) is 0 Å². The Labute approximate surface area is 264 Å². The molecule has 0 bridgehead atoms. The van der Waals surface area contributed by atoms with Crippen LogP contribution in [0.2, 0.25) is 0 Å². The highest BCUT2D eigenvalue weighted by Crippen LogP contribution is 2.26. The number of nitrogens with zero attached hydrogens (tertiary/aromatic N) is 3. The molecule has 1 aliphatic rings. The molecule has 2 unspecified atom stereocenters. The molecule has 44 heavy (non-hydrogen) atoms. The van der Waals surface area contributed by atoms with E-state index in [-0.39, 0.29) is 54.5 Å². The lowest BCUT2D eigenvalue weighted by molar-refractivity contribution is -0.149. The monoisotopic (exact) mass is 643 g/mol. The predicted octanol–water partition coefficient (Wildman–Crippen LogP) is 3.96. The third-order valence-corrected chi connectivity index (χ3v) is 10.7. The van der Waals surface area contributed by atoms with Crippen molar-refractivity contribution >= 4 is 43.4 Å². The molecule has 1 fully saturated rings. The van der Waals surface area contributed by atoms with Gasteiger partial charge in [-0.1, -0.05) is 64.4 Å². The smallest absolute Gasteiger partial charge is 0.255 e. The van der Waals surface area contributed by atoms with Gasteiger partial charge in [-0.3, -0.25) is 15.0 Å². The van der Waals surface area contributed by atoms with E-state index in [1.165, 1.54) is 26.7 Å². The van der Waals surface area contributed by atoms with Gasteiger partial charge in [0.2, 0.25) is 15.9 Å². The molecule has 1 aliphatic heterocycles. The summed E-state index contributed by atoms with van der Waals surface area (Å²) < 4.78 is 30.1. The number of hydrogen-bond acceptors (Lipinski definition) is 8. The maximum atomic E-state index is 14.0. The number of thiazole rings is 1. The molecule has 0 aliphatic carbocycles. The number of carbonyl (C=O) groups is 2. The maximum Gasteiger partial charge on any atom is 0.255 e. The minimum absolute atomic E-state index is 0.0343. The first-order chi connectivity index (χ1) is 21.0. The molecule has 10 nitrogen and oxygen atoms in total. The average Bonchev–Trinajstić information content (AvgIpc) is 3.71. The SMILES string of the molecule is CC[C@H](C)CC(=O)N(NC(=O)C1CCCN1)C(Cc1ccccc1)[C@H](O)CN(CC(C)C)S(=O)(=O)c1ccc2ncsc2c1. The van der Waals surface area contributed by atoms with Gasteiger partial charge < -0.3 is 10.4 Å². The lowest BCUT2D eigenvalue weighted by atomic mass is 9.98. The molecule has 240 valence electrons. The quantitative estimate of drug-likeness (QED) is 0.227. The number of aliphatic hydroxyl groups excluding tert-OH is 1. The fourth-order valence-electron chi connectivity index (χ4n) is 5.38. The third-order valence-electron chi connectivity index (χ3n) is 8.06. The average molecular weight is 644 g/mol. The molecule has 4 atom stereocenters. The van der Waals surface area contributed by atoms with Gasteiger partial charge in [0.05, 0.1) is 38.8 Å². The van der Waals surface area contributed by atoms with Crippen molar-refractivity contribution in [3.8, 4) is 0 Å². The van der Waals surface area contributed by atoms with Crippen LogP contribution in [0.15, 0.2) is 58.9 Å². The third kappa shape index (κ3) is 8.63. The van der Waals surface area contributed by atoms with Gasteiger partial charge in [0.1, 0.15) is 0 Å². The Morgan fingerprint density at radius 3 is 2.55 bits per heavy atom. The van der Waals surface area contributed by atoms with Crippen LogP contribution in [0.4, 0.5) is 0 Å². The van der Waals surface area contributed by atoms with Crippen molar-refractivity contribution in [3.63, 3.8) is 0 Å². The van der Waals surface area contributed by atoms with E-state index >= 15 is 0 Å². The summed E-state index contributed by atoms with van der Waals surface area (Å²) in [6.07, 6.45) is 1.35. The first-order valence-electron chi connectivity index (χ1n) is 15.4. The lowest BCUT2D eigenvalue weighted by Gasteiger charge is -2.38. The van der Waals surface area contributed by atoms with E-state index in [9.17, 15) is 23.1 Å². The van der Waals surface area contributed by atoms with Crippen LogP contribution in [0.1, 0.15) is 58.9 Å². The normalized spacial score (nSPS) is 17.6. The lowest BCUT2D eigenvalue weighted by Crippen LogP contribution is -2.61. The van der Waals surface area contributed by atoms with E-state index in [4.69, 9.17) is 0 Å². The first-order valence-corrected chi connectivity index (χ1v) is 17.7. The van der Waals surface area contributed by atoms with E-state index in [0.29, 0.717) is 13.0 Å². The van der Waals surface area contributed by atoms with Crippen LogP contribution in [0, 0.1) is 11.8 Å². The Morgan fingerprint density at radius 2 is 1.89 bits per heavy atom.